The summed E-state index contributed by atoms with van der Waals surface area (Å²) in [6.07, 6.45) is 0. The first-order chi connectivity index (χ1) is 5.46. The minimum atomic E-state index is 0.195. The van der Waals surface area contributed by atoms with Crippen molar-refractivity contribution in [2.45, 2.75) is 26.2 Å². The Bertz CT molecular complexity index is 273. The van der Waals surface area contributed by atoms with Crippen molar-refractivity contribution in [1.82, 2.24) is 0 Å². The first-order valence-electron chi connectivity index (χ1n) is 3.78. The van der Waals surface area contributed by atoms with E-state index in [1.807, 2.05) is 5.38 Å². The van der Waals surface area contributed by atoms with Gasteiger partial charge in [0, 0.05) is 10.3 Å². The highest BCUT2D eigenvalue weighted by atomic mass is 79.9. The van der Waals surface area contributed by atoms with Crippen LogP contribution < -0.4 is 4.74 Å². The molecule has 12 heavy (non-hydrogen) atoms. The molecular formula is C9H13BrOS. The molecule has 0 N–H and O–H groups in total. The fourth-order valence-electron chi connectivity index (χ4n) is 0.972. The Balaban J connectivity index is 3.11. The van der Waals surface area contributed by atoms with E-state index in [4.69, 9.17) is 4.74 Å². The van der Waals surface area contributed by atoms with Crippen LogP contribution in [0.3, 0.4) is 0 Å². The molecule has 0 spiro atoms. The number of hydrogen-bond donors (Lipinski definition) is 0. The van der Waals surface area contributed by atoms with Crippen molar-refractivity contribution in [3.8, 4) is 5.75 Å². The molecule has 0 bridgehead atoms. The molecule has 0 unspecified atom stereocenters. The third-order valence-corrected chi connectivity index (χ3v) is 4.03. The maximum absolute atomic E-state index is 5.18. The lowest BCUT2D eigenvalue weighted by atomic mass is 9.95. The van der Waals surface area contributed by atoms with Gasteiger partial charge in [0.1, 0.15) is 5.75 Å². The minimum Gasteiger partial charge on any atom is -0.495 e. The lowest BCUT2D eigenvalue weighted by Crippen LogP contribution is -2.09. The van der Waals surface area contributed by atoms with E-state index in [1.165, 1.54) is 4.88 Å². The van der Waals surface area contributed by atoms with E-state index < -0.39 is 0 Å². The monoisotopic (exact) mass is 248 g/mol. The second-order valence-electron chi connectivity index (χ2n) is 3.70. The van der Waals surface area contributed by atoms with Crippen molar-refractivity contribution in [3.63, 3.8) is 0 Å². The van der Waals surface area contributed by atoms with E-state index >= 15 is 0 Å². The van der Waals surface area contributed by atoms with Gasteiger partial charge in [0.15, 0.2) is 0 Å². The largest absolute Gasteiger partial charge is 0.495 e. The summed E-state index contributed by atoms with van der Waals surface area (Å²) in [5.74, 6) is 0.935. The van der Waals surface area contributed by atoms with Crippen LogP contribution in [0.5, 0.6) is 5.75 Å². The van der Waals surface area contributed by atoms with Gasteiger partial charge < -0.3 is 4.74 Å². The third kappa shape index (κ3) is 1.83. The number of ether oxygens (including phenoxy) is 1. The Kier molecular flexibility index (Phi) is 2.84. The molecular weight excluding hydrogens is 236 g/mol. The standard InChI is InChI=1S/C9H13BrOS/c1-9(2,3)8-7(10)6(11-4)5-12-8/h5H,1-4H3. The van der Waals surface area contributed by atoms with Crippen molar-refractivity contribution >= 4 is 27.3 Å². The lowest BCUT2D eigenvalue weighted by Gasteiger charge is -2.16. The normalized spacial score (nSPS) is 11.8. The summed E-state index contributed by atoms with van der Waals surface area (Å²) in [4.78, 5) is 1.33. The maximum Gasteiger partial charge on any atom is 0.144 e. The molecule has 1 aromatic heterocycles. The second-order valence-corrected chi connectivity index (χ2v) is 5.37. The number of hydrogen-bond acceptors (Lipinski definition) is 2. The summed E-state index contributed by atoms with van der Waals surface area (Å²) < 4.78 is 6.28. The molecule has 1 heterocycles. The average molecular weight is 249 g/mol. The summed E-state index contributed by atoms with van der Waals surface area (Å²) >= 11 is 5.27. The Morgan fingerprint density at radius 3 is 2.25 bits per heavy atom. The first kappa shape index (κ1) is 10.1. The van der Waals surface area contributed by atoms with Gasteiger partial charge in [-0.05, 0) is 21.3 Å². The van der Waals surface area contributed by atoms with E-state index in [-0.39, 0.29) is 5.41 Å². The fraction of sp³-hybridized carbons (Fsp3) is 0.556. The number of halogens is 1. The van der Waals surface area contributed by atoms with Crippen LogP contribution >= 0.6 is 27.3 Å². The van der Waals surface area contributed by atoms with Gasteiger partial charge in [-0.25, -0.2) is 0 Å². The molecule has 0 saturated carbocycles. The van der Waals surface area contributed by atoms with Gasteiger partial charge in [0.25, 0.3) is 0 Å². The minimum absolute atomic E-state index is 0.195. The summed E-state index contributed by atoms with van der Waals surface area (Å²) in [7, 11) is 1.69. The molecule has 0 atom stereocenters. The van der Waals surface area contributed by atoms with Crippen LogP contribution in [0.15, 0.2) is 9.85 Å². The molecule has 0 aromatic carbocycles. The summed E-state index contributed by atoms with van der Waals surface area (Å²) in [5.41, 5.74) is 0.195. The Morgan fingerprint density at radius 1 is 1.42 bits per heavy atom. The zero-order chi connectivity index (χ0) is 9.35. The van der Waals surface area contributed by atoms with Crippen molar-refractivity contribution in [3.05, 3.63) is 14.7 Å². The van der Waals surface area contributed by atoms with E-state index in [0.717, 1.165) is 10.2 Å². The van der Waals surface area contributed by atoms with Crippen molar-refractivity contribution in [2.24, 2.45) is 0 Å². The fourth-order valence-corrected chi connectivity index (χ4v) is 3.27. The summed E-state index contributed by atoms with van der Waals surface area (Å²) in [5, 5.41) is 2.03. The highest BCUT2D eigenvalue weighted by Gasteiger charge is 2.21. The van der Waals surface area contributed by atoms with Crippen LogP contribution in [0.4, 0.5) is 0 Å². The Hall–Kier alpha value is -0.0200. The van der Waals surface area contributed by atoms with Crippen LogP contribution in [0.1, 0.15) is 25.6 Å². The van der Waals surface area contributed by atoms with Gasteiger partial charge in [-0.3, -0.25) is 0 Å². The topological polar surface area (TPSA) is 9.23 Å². The molecule has 1 rings (SSSR count). The highest BCUT2D eigenvalue weighted by Crippen LogP contribution is 2.41. The number of methoxy groups -OCH3 is 1. The molecule has 0 fully saturated rings. The SMILES string of the molecule is COc1csc(C(C)(C)C)c1Br. The molecule has 0 radical (unpaired) electrons. The van der Waals surface area contributed by atoms with E-state index in [9.17, 15) is 0 Å². The van der Waals surface area contributed by atoms with Crippen LogP contribution in [0.25, 0.3) is 0 Å². The molecule has 0 saturated heterocycles. The van der Waals surface area contributed by atoms with E-state index in [1.54, 1.807) is 18.4 Å². The highest BCUT2D eigenvalue weighted by molar-refractivity contribution is 9.10. The van der Waals surface area contributed by atoms with Crippen LogP contribution in [0.2, 0.25) is 0 Å². The molecule has 68 valence electrons. The van der Waals surface area contributed by atoms with Gasteiger partial charge in [0.05, 0.1) is 11.6 Å². The van der Waals surface area contributed by atoms with Crippen molar-refractivity contribution in [2.75, 3.05) is 7.11 Å². The Morgan fingerprint density at radius 2 is 2.00 bits per heavy atom. The summed E-state index contributed by atoms with van der Waals surface area (Å²) in [6.45, 7) is 6.59. The van der Waals surface area contributed by atoms with E-state index in [2.05, 4.69) is 36.7 Å². The predicted molar refractivity (Wildman–Crippen MR) is 57.3 cm³/mol. The van der Waals surface area contributed by atoms with Crippen LogP contribution in [-0.2, 0) is 5.41 Å². The van der Waals surface area contributed by atoms with Crippen LogP contribution in [0, 0.1) is 0 Å². The molecule has 3 heteroatoms. The molecule has 0 amide bonds. The smallest absolute Gasteiger partial charge is 0.144 e. The molecule has 0 aliphatic rings. The van der Waals surface area contributed by atoms with Crippen molar-refractivity contribution < 1.29 is 4.74 Å². The molecule has 1 aromatic rings. The average Bonchev–Trinajstić information content (AvgIpc) is 2.29. The zero-order valence-corrected chi connectivity index (χ0v) is 10.2. The predicted octanol–water partition coefficient (Wildman–Crippen LogP) is 3.82. The second kappa shape index (κ2) is 3.38. The number of thiophene rings is 1. The lowest BCUT2D eigenvalue weighted by molar-refractivity contribution is 0.413. The molecule has 1 nitrogen and oxygen atoms in total. The first-order valence-corrected chi connectivity index (χ1v) is 5.45. The number of rotatable bonds is 1. The third-order valence-electron chi connectivity index (χ3n) is 1.60. The van der Waals surface area contributed by atoms with Gasteiger partial charge in [0.2, 0.25) is 0 Å². The molecule has 0 aliphatic heterocycles. The quantitative estimate of drug-likeness (QED) is 0.735. The molecule has 0 aliphatic carbocycles. The van der Waals surface area contributed by atoms with Crippen molar-refractivity contribution in [1.29, 1.82) is 0 Å². The maximum atomic E-state index is 5.18. The van der Waals surface area contributed by atoms with Gasteiger partial charge in [-0.2, -0.15) is 0 Å². The van der Waals surface area contributed by atoms with Gasteiger partial charge in [-0.1, -0.05) is 20.8 Å². The summed E-state index contributed by atoms with van der Waals surface area (Å²) in [6, 6.07) is 0. The van der Waals surface area contributed by atoms with Gasteiger partial charge >= 0.3 is 0 Å². The van der Waals surface area contributed by atoms with Crippen LogP contribution in [-0.4, -0.2) is 7.11 Å². The Labute approximate surface area is 85.9 Å². The van der Waals surface area contributed by atoms with E-state index in [0.29, 0.717) is 0 Å². The van der Waals surface area contributed by atoms with Gasteiger partial charge in [-0.15, -0.1) is 11.3 Å². The zero-order valence-electron chi connectivity index (χ0n) is 7.77.